The lowest BCUT2D eigenvalue weighted by atomic mass is 10.1. The smallest absolute Gasteiger partial charge is 0.261 e. The molecule has 0 bridgehead atoms. The second kappa shape index (κ2) is 6.68. The van der Waals surface area contributed by atoms with Gasteiger partial charge in [0.15, 0.2) is 5.82 Å². The Labute approximate surface area is 160 Å². The molecule has 0 atom stereocenters. The van der Waals surface area contributed by atoms with Gasteiger partial charge < -0.3 is 4.52 Å². The van der Waals surface area contributed by atoms with Crippen molar-refractivity contribution >= 4 is 38.1 Å². The van der Waals surface area contributed by atoms with Crippen molar-refractivity contribution in [3.8, 4) is 11.5 Å². The normalized spacial score (nSPS) is 11.6. The van der Waals surface area contributed by atoms with Gasteiger partial charge in [-0.25, -0.2) is 8.42 Å². The fourth-order valence-corrected chi connectivity index (χ4v) is 4.08. The lowest BCUT2D eigenvalue weighted by molar-refractivity contribution is 0.425. The maximum atomic E-state index is 12.7. The summed E-state index contributed by atoms with van der Waals surface area (Å²) in [6.45, 7) is 1.71. The Morgan fingerprint density at radius 3 is 2.48 bits per heavy atom. The number of halogens is 1. The quantitative estimate of drug-likeness (QED) is 0.539. The first-order valence-corrected chi connectivity index (χ1v) is 9.90. The molecule has 27 heavy (non-hydrogen) atoms. The van der Waals surface area contributed by atoms with Gasteiger partial charge in [-0.05, 0) is 48.0 Å². The molecule has 0 aliphatic carbocycles. The third-order valence-electron chi connectivity index (χ3n) is 4.02. The maximum absolute atomic E-state index is 12.7. The number of anilines is 1. The molecule has 0 spiro atoms. The van der Waals surface area contributed by atoms with Crippen molar-refractivity contribution < 1.29 is 12.9 Å². The fraction of sp³-hybridized carbons (Fsp3) is 0.0526. The van der Waals surface area contributed by atoms with E-state index in [-0.39, 0.29) is 15.6 Å². The molecule has 0 aliphatic rings. The number of nitrogens with zero attached hydrogens (tertiary/aromatic N) is 2. The van der Waals surface area contributed by atoms with E-state index in [0.29, 0.717) is 17.3 Å². The minimum Gasteiger partial charge on any atom is -0.334 e. The lowest BCUT2D eigenvalue weighted by Gasteiger charge is -2.11. The molecular formula is C19H14ClN3O3S. The largest absolute Gasteiger partial charge is 0.334 e. The van der Waals surface area contributed by atoms with Crippen molar-refractivity contribution in [2.24, 2.45) is 0 Å². The van der Waals surface area contributed by atoms with Crippen molar-refractivity contribution in [1.82, 2.24) is 10.1 Å². The van der Waals surface area contributed by atoms with Gasteiger partial charge in [0.05, 0.1) is 15.6 Å². The molecule has 0 saturated carbocycles. The van der Waals surface area contributed by atoms with Gasteiger partial charge in [0, 0.05) is 5.56 Å². The molecule has 0 fully saturated rings. The highest BCUT2D eigenvalue weighted by Crippen LogP contribution is 2.30. The van der Waals surface area contributed by atoms with Crippen LogP contribution < -0.4 is 4.72 Å². The van der Waals surface area contributed by atoms with E-state index in [1.165, 1.54) is 0 Å². The molecule has 8 heteroatoms. The van der Waals surface area contributed by atoms with Gasteiger partial charge in [0.25, 0.3) is 15.9 Å². The number of nitrogens with one attached hydrogen (secondary N) is 1. The average molecular weight is 400 g/mol. The molecule has 1 heterocycles. The molecule has 1 N–H and O–H groups in total. The van der Waals surface area contributed by atoms with Crippen molar-refractivity contribution in [3.63, 3.8) is 0 Å². The van der Waals surface area contributed by atoms with Crippen molar-refractivity contribution in [3.05, 3.63) is 71.5 Å². The summed E-state index contributed by atoms with van der Waals surface area (Å²) in [5.41, 5.74) is 0.874. The predicted molar refractivity (Wildman–Crippen MR) is 104 cm³/mol. The standard InChI is InChI=1S/C19H14ClN3O3S/c1-12-21-19(26-22-12)15-7-9-18(17(20)11-15)23-27(24,25)16-8-6-13-4-2-3-5-14(13)10-16/h2-11,23H,1H3. The molecule has 136 valence electrons. The summed E-state index contributed by atoms with van der Waals surface area (Å²) in [6, 6.07) is 17.3. The Bertz CT molecular complexity index is 1250. The monoisotopic (exact) mass is 399 g/mol. The van der Waals surface area contributed by atoms with E-state index < -0.39 is 10.0 Å². The number of rotatable bonds is 4. The Hall–Kier alpha value is -2.90. The maximum Gasteiger partial charge on any atom is 0.261 e. The first kappa shape index (κ1) is 17.5. The van der Waals surface area contributed by atoms with E-state index in [1.54, 1.807) is 43.3 Å². The molecule has 6 nitrogen and oxygen atoms in total. The molecule has 3 aromatic carbocycles. The summed E-state index contributed by atoms with van der Waals surface area (Å²) in [5, 5.41) is 5.77. The predicted octanol–water partition coefficient (Wildman–Crippen LogP) is 4.65. The zero-order chi connectivity index (χ0) is 19.0. The molecule has 0 aliphatic heterocycles. The minimum absolute atomic E-state index is 0.161. The van der Waals surface area contributed by atoms with E-state index in [1.807, 2.05) is 24.3 Å². The second-order valence-corrected chi connectivity index (χ2v) is 8.05. The van der Waals surface area contributed by atoms with Crippen LogP contribution in [0.2, 0.25) is 5.02 Å². The fourth-order valence-electron chi connectivity index (χ4n) is 2.68. The van der Waals surface area contributed by atoms with Crippen LogP contribution in [0.4, 0.5) is 5.69 Å². The van der Waals surface area contributed by atoms with Crippen molar-refractivity contribution in [1.29, 1.82) is 0 Å². The topological polar surface area (TPSA) is 85.1 Å². The highest BCUT2D eigenvalue weighted by molar-refractivity contribution is 7.92. The number of aryl methyl sites for hydroxylation is 1. The van der Waals surface area contributed by atoms with Gasteiger partial charge >= 0.3 is 0 Å². The summed E-state index contributed by atoms with van der Waals surface area (Å²) < 4.78 is 33.1. The van der Waals surface area contributed by atoms with Crippen LogP contribution in [0.3, 0.4) is 0 Å². The van der Waals surface area contributed by atoms with Gasteiger partial charge in [-0.2, -0.15) is 4.98 Å². The Kier molecular flexibility index (Phi) is 4.33. The van der Waals surface area contributed by atoms with Crippen LogP contribution in [0, 0.1) is 6.92 Å². The van der Waals surface area contributed by atoms with Gasteiger partial charge in [0.1, 0.15) is 0 Å². The molecular weight excluding hydrogens is 386 g/mol. The summed E-state index contributed by atoms with van der Waals surface area (Å²) in [4.78, 5) is 4.29. The summed E-state index contributed by atoms with van der Waals surface area (Å²) in [5.74, 6) is 0.820. The van der Waals surface area contributed by atoms with Gasteiger partial charge in [-0.1, -0.05) is 47.1 Å². The number of hydrogen-bond acceptors (Lipinski definition) is 5. The van der Waals surface area contributed by atoms with Crippen molar-refractivity contribution in [2.75, 3.05) is 4.72 Å². The molecule has 0 radical (unpaired) electrons. The number of fused-ring (bicyclic) bond motifs is 1. The van der Waals surface area contributed by atoms with E-state index in [0.717, 1.165) is 10.8 Å². The third kappa shape index (κ3) is 3.51. The zero-order valence-electron chi connectivity index (χ0n) is 14.2. The molecule has 4 rings (SSSR count). The van der Waals surface area contributed by atoms with Crippen LogP contribution in [0.5, 0.6) is 0 Å². The lowest BCUT2D eigenvalue weighted by Crippen LogP contribution is -2.13. The summed E-state index contributed by atoms with van der Waals surface area (Å²) in [7, 11) is -3.79. The number of hydrogen-bond donors (Lipinski definition) is 1. The van der Waals surface area contributed by atoms with E-state index in [2.05, 4.69) is 14.9 Å². The first-order chi connectivity index (χ1) is 12.9. The first-order valence-electron chi connectivity index (χ1n) is 8.04. The van der Waals surface area contributed by atoms with Crippen LogP contribution in [0.15, 0.2) is 70.1 Å². The minimum atomic E-state index is -3.79. The van der Waals surface area contributed by atoms with E-state index in [4.69, 9.17) is 16.1 Å². The molecule has 0 saturated heterocycles. The van der Waals surface area contributed by atoms with E-state index >= 15 is 0 Å². The van der Waals surface area contributed by atoms with Gasteiger partial charge in [0.2, 0.25) is 0 Å². The summed E-state index contributed by atoms with van der Waals surface area (Å²) >= 11 is 6.26. The average Bonchev–Trinajstić information content (AvgIpc) is 3.09. The number of sulfonamides is 1. The third-order valence-corrected chi connectivity index (χ3v) is 5.70. The molecule has 0 amide bonds. The highest BCUT2D eigenvalue weighted by Gasteiger charge is 2.17. The van der Waals surface area contributed by atoms with Gasteiger partial charge in [-0.3, -0.25) is 4.72 Å². The Morgan fingerprint density at radius 1 is 1.00 bits per heavy atom. The molecule has 1 aromatic heterocycles. The molecule has 4 aromatic rings. The van der Waals surface area contributed by atoms with Crippen LogP contribution >= 0.6 is 11.6 Å². The van der Waals surface area contributed by atoms with E-state index in [9.17, 15) is 8.42 Å². The number of aromatic nitrogens is 2. The van der Waals surface area contributed by atoms with Crippen LogP contribution in [-0.4, -0.2) is 18.6 Å². The Balaban J connectivity index is 1.65. The highest BCUT2D eigenvalue weighted by atomic mass is 35.5. The van der Waals surface area contributed by atoms with Crippen LogP contribution in [0.1, 0.15) is 5.82 Å². The zero-order valence-corrected chi connectivity index (χ0v) is 15.8. The summed E-state index contributed by atoms with van der Waals surface area (Å²) in [6.07, 6.45) is 0. The van der Waals surface area contributed by atoms with Crippen LogP contribution in [0.25, 0.3) is 22.2 Å². The van der Waals surface area contributed by atoms with Crippen molar-refractivity contribution in [2.45, 2.75) is 11.8 Å². The SMILES string of the molecule is Cc1noc(-c2ccc(NS(=O)(=O)c3ccc4ccccc4c3)c(Cl)c2)n1. The Morgan fingerprint density at radius 2 is 1.78 bits per heavy atom. The van der Waals surface area contributed by atoms with Crippen LogP contribution in [-0.2, 0) is 10.0 Å². The second-order valence-electron chi connectivity index (χ2n) is 5.96. The molecule has 0 unspecified atom stereocenters. The number of benzene rings is 3. The van der Waals surface area contributed by atoms with Gasteiger partial charge in [-0.15, -0.1) is 0 Å².